The second-order valence-corrected chi connectivity index (χ2v) is 6.61. The maximum Gasteiger partial charge on any atom is 0.348 e. The molecule has 0 unspecified atom stereocenters. The first-order chi connectivity index (χ1) is 14.6. The molecule has 3 aromatic carbocycles. The molecule has 0 atom stereocenters. The molecule has 3 aromatic rings. The van der Waals surface area contributed by atoms with E-state index >= 15 is 0 Å². The summed E-state index contributed by atoms with van der Waals surface area (Å²) in [5.74, 6) is -2.02. The largest absolute Gasteiger partial charge is 0.504 e. The van der Waals surface area contributed by atoms with Crippen LogP contribution in [0, 0.1) is 0 Å². The summed E-state index contributed by atoms with van der Waals surface area (Å²) in [6.45, 7) is 0.0489. The molecule has 1 N–H and O–H groups in total. The van der Waals surface area contributed by atoms with Gasteiger partial charge in [-0.05, 0) is 16.7 Å². The predicted molar refractivity (Wildman–Crippen MR) is 112 cm³/mol. The van der Waals surface area contributed by atoms with Crippen molar-refractivity contribution >= 4 is 23.1 Å². The monoisotopic (exact) mass is 398 g/mol. The molecule has 0 fully saturated rings. The second kappa shape index (κ2) is 8.49. The molecular formula is C25H18O5. The lowest BCUT2D eigenvalue weighted by Crippen LogP contribution is -2.11. The van der Waals surface area contributed by atoms with E-state index in [1.807, 2.05) is 30.3 Å². The van der Waals surface area contributed by atoms with Crippen molar-refractivity contribution in [3.05, 3.63) is 119 Å². The third-order valence-electron chi connectivity index (χ3n) is 4.62. The van der Waals surface area contributed by atoms with Gasteiger partial charge in [0.2, 0.25) is 0 Å². The SMILES string of the molecule is O=C1OC(=C(C(=O)OCc2ccccc2)c2ccccc2)C(O)=C1c1ccccc1. The summed E-state index contributed by atoms with van der Waals surface area (Å²) in [5.41, 5.74) is 1.79. The Morgan fingerprint density at radius 3 is 2.03 bits per heavy atom. The standard InChI is InChI=1S/C25H18O5/c26-22-20(18-12-6-2-7-13-18)25(28)30-23(22)21(19-14-8-3-9-15-19)24(27)29-16-17-10-4-1-5-11-17/h1-15,26H,16H2. The Kier molecular flexibility index (Phi) is 5.44. The molecule has 5 nitrogen and oxygen atoms in total. The third-order valence-corrected chi connectivity index (χ3v) is 4.62. The quantitative estimate of drug-likeness (QED) is 0.500. The molecule has 0 aliphatic carbocycles. The minimum atomic E-state index is -0.724. The molecule has 1 heterocycles. The van der Waals surface area contributed by atoms with Crippen molar-refractivity contribution in [2.24, 2.45) is 0 Å². The maximum atomic E-state index is 13.0. The van der Waals surface area contributed by atoms with Crippen LogP contribution in [0.1, 0.15) is 16.7 Å². The molecule has 148 valence electrons. The van der Waals surface area contributed by atoms with E-state index in [0.29, 0.717) is 11.1 Å². The normalized spacial score (nSPS) is 15.0. The van der Waals surface area contributed by atoms with E-state index in [1.54, 1.807) is 60.7 Å². The van der Waals surface area contributed by atoms with E-state index in [1.165, 1.54) is 0 Å². The summed E-state index contributed by atoms with van der Waals surface area (Å²) >= 11 is 0. The Morgan fingerprint density at radius 2 is 1.40 bits per heavy atom. The molecule has 0 saturated heterocycles. The average molecular weight is 398 g/mol. The van der Waals surface area contributed by atoms with Gasteiger partial charge in [0.15, 0.2) is 11.5 Å². The Morgan fingerprint density at radius 1 is 0.833 bits per heavy atom. The zero-order valence-corrected chi connectivity index (χ0v) is 15.9. The number of ether oxygens (including phenoxy) is 2. The highest BCUT2D eigenvalue weighted by atomic mass is 16.6. The average Bonchev–Trinajstić information content (AvgIpc) is 3.08. The van der Waals surface area contributed by atoms with E-state index in [2.05, 4.69) is 0 Å². The highest BCUT2D eigenvalue weighted by Crippen LogP contribution is 2.36. The van der Waals surface area contributed by atoms with Crippen LogP contribution in [0.5, 0.6) is 0 Å². The number of hydrogen-bond acceptors (Lipinski definition) is 5. The van der Waals surface area contributed by atoms with Crippen LogP contribution < -0.4 is 0 Å². The fourth-order valence-electron chi connectivity index (χ4n) is 3.17. The van der Waals surface area contributed by atoms with Crippen molar-refractivity contribution in [1.29, 1.82) is 0 Å². The van der Waals surface area contributed by atoms with Gasteiger partial charge < -0.3 is 14.6 Å². The molecule has 1 aliphatic heterocycles. The minimum absolute atomic E-state index is 0.00916. The van der Waals surface area contributed by atoms with Gasteiger partial charge in [0.1, 0.15) is 17.8 Å². The number of aliphatic hydroxyl groups is 1. The van der Waals surface area contributed by atoms with E-state index < -0.39 is 11.9 Å². The summed E-state index contributed by atoms with van der Waals surface area (Å²) < 4.78 is 10.8. The lowest BCUT2D eigenvalue weighted by Gasteiger charge is -2.11. The van der Waals surface area contributed by atoms with Crippen molar-refractivity contribution in [2.75, 3.05) is 0 Å². The molecule has 30 heavy (non-hydrogen) atoms. The van der Waals surface area contributed by atoms with E-state index in [4.69, 9.17) is 9.47 Å². The summed E-state index contributed by atoms with van der Waals surface area (Å²) in [7, 11) is 0. The van der Waals surface area contributed by atoms with Crippen molar-refractivity contribution in [3.63, 3.8) is 0 Å². The number of rotatable bonds is 5. The number of aliphatic hydroxyl groups excluding tert-OH is 1. The van der Waals surface area contributed by atoms with Crippen molar-refractivity contribution < 1.29 is 24.2 Å². The van der Waals surface area contributed by atoms with Gasteiger partial charge in [-0.1, -0.05) is 91.0 Å². The fourth-order valence-corrected chi connectivity index (χ4v) is 3.17. The van der Waals surface area contributed by atoms with Gasteiger partial charge in [-0.25, -0.2) is 9.59 Å². The third kappa shape index (κ3) is 3.86. The molecular weight excluding hydrogens is 380 g/mol. The molecule has 0 bridgehead atoms. The number of carbonyl (C=O) groups is 2. The summed E-state index contributed by atoms with van der Waals surface area (Å²) in [6.07, 6.45) is 0. The van der Waals surface area contributed by atoms with Crippen LogP contribution in [0.15, 0.2) is 103 Å². The summed E-state index contributed by atoms with van der Waals surface area (Å²) in [4.78, 5) is 25.5. The van der Waals surface area contributed by atoms with Crippen molar-refractivity contribution in [1.82, 2.24) is 0 Å². The van der Waals surface area contributed by atoms with E-state index in [-0.39, 0.29) is 29.3 Å². The Hall–Kier alpha value is -4.12. The topological polar surface area (TPSA) is 72.8 Å². The van der Waals surface area contributed by atoms with Crippen LogP contribution in [0.25, 0.3) is 11.1 Å². The Labute approximate surface area is 173 Å². The van der Waals surface area contributed by atoms with Gasteiger partial charge in [-0.2, -0.15) is 0 Å². The number of benzene rings is 3. The second-order valence-electron chi connectivity index (χ2n) is 6.61. The molecule has 1 aliphatic rings. The van der Waals surface area contributed by atoms with Crippen LogP contribution in [0.4, 0.5) is 0 Å². The molecule has 0 aromatic heterocycles. The van der Waals surface area contributed by atoms with Gasteiger partial charge in [-0.3, -0.25) is 0 Å². The van der Waals surface area contributed by atoms with Crippen LogP contribution in [0.3, 0.4) is 0 Å². The van der Waals surface area contributed by atoms with E-state index in [9.17, 15) is 14.7 Å². The lowest BCUT2D eigenvalue weighted by atomic mass is 10.0. The van der Waals surface area contributed by atoms with Crippen LogP contribution in [0.2, 0.25) is 0 Å². The molecule has 0 radical (unpaired) electrons. The van der Waals surface area contributed by atoms with Crippen LogP contribution >= 0.6 is 0 Å². The summed E-state index contributed by atoms with van der Waals surface area (Å²) in [5, 5.41) is 10.8. The van der Waals surface area contributed by atoms with Gasteiger partial charge in [0, 0.05) is 0 Å². The highest BCUT2D eigenvalue weighted by molar-refractivity contribution is 6.25. The first kappa shape index (κ1) is 19.2. The van der Waals surface area contributed by atoms with Crippen molar-refractivity contribution in [2.45, 2.75) is 6.61 Å². The molecule has 4 rings (SSSR count). The Balaban J connectivity index is 1.76. The zero-order valence-electron chi connectivity index (χ0n) is 15.9. The van der Waals surface area contributed by atoms with Gasteiger partial charge in [0.05, 0.1) is 0 Å². The van der Waals surface area contributed by atoms with Crippen molar-refractivity contribution in [3.8, 4) is 0 Å². The summed E-state index contributed by atoms with van der Waals surface area (Å²) in [6, 6.07) is 26.6. The highest BCUT2D eigenvalue weighted by Gasteiger charge is 2.36. The predicted octanol–water partition coefficient (Wildman–Crippen LogP) is 4.67. The first-order valence-corrected chi connectivity index (χ1v) is 9.37. The van der Waals surface area contributed by atoms with Gasteiger partial charge >= 0.3 is 11.9 Å². The minimum Gasteiger partial charge on any atom is -0.504 e. The van der Waals surface area contributed by atoms with Gasteiger partial charge in [0.25, 0.3) is 0 Å². The smallest absolute Gasteiger partial charge is 0.348 e. The first-order valence-electron chi connectivity index (χ1n) is 9.37. The molecule has 5 heteroatoms. The molecule has 0 saturated carbocycles. The van der Waals surface area contributed by atoms with E-state index in [0.717, 1.165) is 5.56 Å². The van der Waals surface area contributed by atoms with Crippen LogP contribution in [-0.4, -0.2) is 17.0 Å². The zero-order chi connectivity index (χ0) is 20.9. The fraction of sp³-hybridized carbons (Fsp3) is 0.0400. The van der Waals surface area contributed by atoms with Crippen LogP contribution in [-0.2, 0) is 25.7 Å². The Bertz CT molecular complexity index is 1130. The molecule has 0 amide bonds. The number of hydrogen-bond donors (Lipinski definition) is 1. The number of esters is 2. The molecule has 0 spiro atoms. The lowest BCUT2D eigenvalue weighted by molar-refractivity contribution is -0.138. The number of cyclic esters (lactones) is 1. The number of carbonyl (C=O) groups excluding carboxylic acids is 2. The maximum absolute atomic E-state index is 13.0. The van der Waals surface area contributed by atoms with Gasteiger partial charge in [-0.15, -0.1) is 0 Å².